The number of rotatable bonds is 4. The lowest BCUT2D eigenvalue weighted by Crippen LogP contribution is -2.28. The molecule has 4 nitrogen and oxygen atoms in total. The van der Waals surface area contributed by atoms with Crippen molar-refractivity contribution in [2.45, 2.75) is 12.8 Å². The zero-order chi connectivity index (χ0) is 15.4. The van der Waals surface area contributed by atoms with Crippen molar-refractivity contribution in [2.75, 3.05) is 30.4 Å². The summed E-state index contributed by atoms with van der Waals surface area (Å²) >= 11 is 0. The number of amides is 1. The molecule has 1 aliphatic rings. The fourth-order valence-corrected chi connectivity index (χ4v) is 2.55. The van der Waals surface area contributed by atoms with Gasteiger partial charge in [0.25, 0.3) is 0 Å². The number of aryl methyl sites for hydroxylation is 1. The van der Waals surface area contributed by atoms with E-state index in [0.29, 0.717) is 13.0 Å². The van der Waals surface area contributed by atoms with Crippen LogP contribution in [0.15, 0.2) is 48.5 Å². The summed E-state index contributed by atoms with van der Waals surface area (Å²) in [7, 11) is 2.03. The van der Waals surface area contributed by atoms with E-state index < -0.39 is 0 Å². The third-order valence-electron chi connectivity index (χ3n) is 3.82. The van der Waals surface area contributed by atoms with Gasteiger partial charge < -0.3 is 15.0 Å². The largest absolute Gasteiger partial charge is 0.490 e. The Bertz CT molecular complexity index is 655. The van der Waals surface area contributed by atoms with E-state index in [1.165, 1.54) is 5.56 Å². The van der Waals surface area contributed by atoms with Gasteiger partial charge in [0.15, 0.2) is 0 Å². The lowest BCUT2D eigenvalue weighted by Gasteiger charge is -2.28. The summed E-state index contributed by atoms with van der Waals surface area (Å²) < 4.78 is 5.60. The van der Waals surface area contributed by atoms with Gasteiger partial charge in [0.2, 0.25) is 5.91 Å². The average molecular weight is 296 g/mol. The van der Waals surface area contributed by atoms with Gasteiger partial charge in [0, 0.05) is 19.2 Å². The van der Waals surface area contributed by atoms with Crippen LogP contribution in [0.4, 0.5) is 11.4 Å². The van der Waals surface area contributed by atoms with Crippen molar-refractivity contribution in [3.05, 3.63) is 54.1 Å². The average Bonchev–Trinajstić information content (AvgIpc) is 2.55. The molecule has 0 aromatic heterocycles. The number of carbonyl (C=O) groups excluding carboxylic acids is 1. The van der Waals surface area contributed by atoms with Gasteiger partial charge in [-0.3, -0.25) is 4.79 Å². The summed E-state index contributed by atoms with van der Waals surface area (Å²) in [6, 6.07) is 15.8. The number of nitrogens with zero attached hydrogens (tertiary/aromatic N) is 1. The third kappa shape index (κ3) is 3.39. The lowest BCUT2D eigenvalue weighted by molar-refractivity contribution is -0.116. The highest BCUT2D eigenvalue weighted by molar-refractivity contribution is 5.91. The molecule has 3 rings (SSSR count). The first kappa shape index (κ1) is 14.4. The summed E-state index contributed by atoms with van der Waals surface area (Å²) in [5, 5.41) is 2.96. The highest BCUT2D eigenvalue weighted by atomic mass is 16.5. The van der Waals surface area contributed by atoms with E-state index in [0.717, 1.165) is 30.1 Å². The van der Waals surface area contributed by atoms with Crippen molar-refractivity contribution in [3.8, 4) is 5.75 Å². The maximum atomic E-state index is 12.1. The molecule has 0 radical (unpaired) electrons. The summed E-state index contributed by atoms with van der Waals surface area (Å²) in [6.45, 7) is 1.56. The SMILES string of the molecule is CN1CCOc2ccc(NC(=O)CCc3ccccc3)cc21. The number of ether oxygens (including phenoxy) is 1. The molecule has 0 unspecified atom stereocenters. The molecule has 2 aromatic rings. The Morgan fingerprint density at radius 1 is 1.23 bits per heavy atom. The van der Waals surface area contributed by atoms with E-state index in [2.05, 4.69) is 10.2 Å². The standard InChI is InChI=1S/C18H20N2O2/c1-20-11-12-22-17-9-8-15(13-16(17)20)19-18(21)10-7-14-5-3-2-4-6-14/h2-6,8-9,13H,7,10-12H2,1H3,(H,19,21). The topological polar surface area (TPSA) is 41.6 Å². The van der Waals surface area contributed by atoms with Crippen molar-refractivity contribution in [1.82, 2.24) is 0 Å². The van der Waals surface area contributed by atoms with Gasteiger partial charge in [-0.05, 0) is 30.2 Å². The van der Waals surface area contributed by atoms with Crippen LogP contribution in [0.25, 0.3) is 0 Å². The molecule has 0 saturated carbocycles. The normalized spacial score (nSPS) is 13.2. The quantitative estimate of drug-likeness (QED) is 0.942. The molecule has 0 fully saturated rings. The van der Waals surface area contributed by atoms with Crippen LogP contribution >= 0.6 is 0 Å². The van der Waals surface area contributed by atoms with E-state index in [9.17, 15) is 4.79 Å². The Labute approximate surface area is 130 Å². The molecule has 1 amide bonds. The van der Waals surface area contributed by atoms with Gasteiger partial charge in [0.05, 0.1) is 12.2 Å². The highest BCUT2D eigenvalue weighted by Crippen LogP contribution is 2.33. The van der Waals surface area contributed by atoms with Crippen LogP contribution in [-0.2, 0) is 11.2 Å². The second-order valence-corrected chi connectivity index (χ2v) is 5.49. The zero-order valence-electron chi connectivity index (χ0n) is 12.7. The molecular weight excluding hydrogens is 276 g/mol. The van der Waals surface area contributed by atoms with Gasteiger partial charge in [0.1, 0.15) is 12.4 Å². The second kappa shape index (κ2) is 6.52. The van der Waals surface area contributed by atoms with Gasteiger partial charge in [-0.1, -0.05) is 30.3 Å². The van der Waals surface area contributed by atoms with Crippen LogP contribution in [0, 0.1) is 0 Å². The van der Waals surface area contributed by atoms with Crippen LogP contribution in [0.5, 0.6) is 5.75 Å². The maximum absolute atomic E-state index is 12.1. The summed E-state index contributed by atoms with van der Waals surface area (Å²) in [6.07, 6.45) is 1.23. The number of fused-ring (bicyclic) bond motifs is 1. The number of hydrogen-bond acceptors (Lipinski definition) is 3. The lowest BCUT2D eigenvalue weighted by atomic mass is 10.1. The summed E-state index contributed by atoms with van der Waals surface area (Å²) in [5.74, 6) is 0.902. The van der Waals surface area contributed by atoms with E-state index in [1.54, 1.807) is 0 Å². The number of nitrogens with one attached hydrogen (secondary N) is 1. The van der Waals surface area contributed by atoms with Crippen LogP contribution in [0.1, 0.15) is 12.0 Å². The number of hydrogen-bond donors (Lipinski definition) is 1. The van der Waals surface area contributed by atoms with Crippen molar-refractivity contribution < 1.29 is 9.53 Å². The van der Waals surface area contributed by atoms with Gasteiger partial charge in [-0.15, -0.1) is 0 Å². The smallest absolute Gasteiger partial charge is 0.224 e. The fraction of sp³-hybridized carbons (Fsp3) is 0.278. The van der Waals surface area contributed by atoms with E-state index >= 15 is 0 Å². The molecule has 1 aliphatic heterocycles. The predicted molar refractivity (Wildman–Crippen MR) is 88.6 cm³/mol. The molecule has 0 bridgehead atoms. The Morgan fingerprint density at radius 2 is 2.05 bits per heavy atom. The Morgan fingerprint density at radius 3 is 2.86 bits per heavy atom. The molecule has 0 atom stereocenters. The molecule has 1 heterocycles. The van der Waals surface area contributed by atoms with Crippen molar-refractivity contribution >= 4 is 17.3 Å². The van der Waals surface area contributed by atoms with E-state index in [-0.39, 0.29) is 5.91 Å². The van der Waals surface area contributed by atoms with Crippen LogP contribution in [-0.4, -0.2) is 26.1 Å². The predicted octanol–water partition coefficient (Wildman–Crippen LogP) is 3.09. The first-order chi connectivity index (χ1) is 10.7. The number of anilines is 2. The molecule has 4 heteroatoms. The van der Waals surface area contributed by atoms with Gasteiger partial charge in [-0.25, -0.2) is 0 Å². The van der Waals surface area contributed by atoms with E-state index in [4.69, 9.17) is 4.74 Å². The zero-order valence-corrected chi connectivity index (χ0v) is 12.7. The molecular formula is C18H20N2O2. The fourth-order valence-electron chi connectivity index (χ4n) is 2.55. The molecule has 114 valence electrons. The van der Waals surface area contributed by atoms with Crippen molar-refractivity contribution in [3.63, 3.8) is 0 Å². The van der Waals surface area contributed by atoms with Crippen molar-refractivity contribution in [1.29, 1.82) is 0 Å². The monoisotopic (exact) mass is 296 g/mol. The van der Waals surface area contributed by atoms with E-state index in [1.807, 2.05) is 55.6 Å². The van der Waals surface area contributed by atoms with Crippen molar-refractivity contribution in [2.24, 2.45) is 0 Å². The van der Waals surface area contributed by atoms with Gasteiger partial charge >= 0.3 is 0 Å². The molecule has 0 spiro atoms. The number of likely N-dealkylation sites (N-methyl/N-ethyl adjacent to an activating group) is 1. The Kier molecular flexibility index (Phi) is 4.28. The maximum Gasteiger partial charge on any atom is 0.224 e. The molecule has 0 aliphatic carbocycles. The van der Waals surface area contributed by atoms with Crippen LogP contribution < -0.4 is 15.0 Å². The Hall–Kier alpha value is -2.49. The van der Waals surface area contributed by atoms with Crippen LogP contribution in [0.2, 0.25) is 0 Å². The first-order valence-corrected chi connectivity index (χ1v) is 7.54. The minimum absolute atomic E-state index is 0.0307. The van der Waals surface area contributed by atoms with Crippen LogP contribution in [0.3, 0.4) is 0 Å². The molecule has 2 aromatic carbocycles. The highest BCUT2D eigenvalue weighted by Gasteiger charge is 2.15. The first-order valence-electron chi connectivity index (χ1n) is 7.54. The number of benzene rings is 2. The molecule has 1 N–H and O–H groups in total. The van der Waals surface area contributed by atoms with Gasteiger partial charge in [-0.2, -0.15) is 0 Å². The number of carbonyl (C=O) groups is 1. The minimum atomic E-state index is 0.0307. The minimum Gasteiger partial charge on any atom is -0.490 e. The molecule has 22 heavy (non-hydrogen) atoms. The second-order valence-electron chi connectivity index (χ2n) is 5.49. The molecule has 0 saturated heterocycles. The summed E-state index contributed by atoms with van der Waals surface area (Å²) in [5.41, 5.74) is 3.01. The summed E-state index contributed by atoms with van der Waals surface area (Å²) in [4.78, 5) is 14.2. The Balaban J connectivity index is 1.61. The third-order valence-corrected chi connectivity index (χ3v) is 3.82.